The molecule has 0 spiro atoms. The summed E-state index contributed by atoms with van der Waals surface area (Å²) in [4.78, 5) is 26.0. The number of hydrogen-bond donors (Lipinski definition) is 3. The summed E-state index contributed by atoms with van der Waals surface area (Å²) < 4.78 is 0. The number of aliphatic imine (C=N–C) groups is 1. The number of guanidine groups is 1. The molecule has 2 amide bonds. The predicted molar refractivity (Wildman–Crippen MR) is 61.2 cm³/mol. The monoisotopic (exact) mass is 239 g/mol. The second-order valence-electron chi connectivity index (χ2n) is 4.79. The summed E-state index contributed by atoms with van der Waals surface area (Å²) in [6.45, 7) is 0.547. The Morgan fingerprint density at radius 1 is 1.12 bits per heavy atom. The van der Waals surface area contributed by atoms with Gasteiger partial charge in [-0.15, -0.1) is 0 Å². The van der Waals surface area contributed by atoms with Gasteiger partial charge in [-0.05, 0) is 12.8 Å². The molecule has 2 aliphatic rings. The van der Waals surface area contributed by atoms with E-state index in [1.54, 1.807) is 0 Å². The topological polar surface area (TPSA) is 90.8 Å². The van der Waals surface area contributed by atoms with Crippen LogP contribution in [0.2, 0.25) is 0 Å². The Labute approximate surface area is 99.5 Å². The first-order valence-corrected chi connectivity index (χ1v) is 5.93. The highest BCUT2D eigenvalue weighted by Crippen LogP contribution is 2.36. The second-order valence-corrected chi connectivity index (χ2v) is 4.79. The van der Waals surface area contributed by atoms with Gasteiger partial charge in [-0.1, -0.05) is 19.3 Å². The molecule has 6 heteroatoms. The molecule has 6 nitrogen and oxygen atoms in total. The van der Waals surface area contributed by atoms with Crippen molar-refractivity contribution in [1.29, 1.82) is 0 Å². The minimum atomic E-state index is -0.676. The van der Waals surface area contributed by atoms with E-state index in [4.69, 9.17) is 0 Å². The third kappa shape index (κ3) is 2.63. The molecule has 0 bridgehead atoms. The molecule has 0 unspecified atom stereocenters. The van der Waals surface area contributed by atoms with Gasteiger partial charge in [-0.2, -0.15) is 0 Å². The highest BCUT2D eigenvalue weighted by Gasteiger charge is 2.32. The van der Waals surface area contributed by atoms with E-state index >= 15 is 0 Å². The van der Waals surface area contributed by atoms with Crippen LogP contribution in [0.25, 0.3) is 0 Å². The van der Waals surface area contributed by atoms with E-state index in [2.05, 4.69) is 15.6 Å². The minimum absolute atomic E-state index is 0.103. The zero-order valence-electron chi connectivity index (χ0n) is 9.66. The molecule has 0 aromatic rings. The molecule has 0 aromatic heterocycles. The van der Waals surface area contributed by atoms with Gasteiger partial charge in [-0.25, -0.2) is 0 Å². The zero-order chi connectivity index (χ0) is 12.3. The van der Waals surface area contributed by atoms with E-state index in [1.165, 1.54) is 6.42 Å². The number of hydrogen-bond acceptors (Lipinski definition) is 4. The number of amides is 2. The van der Waals surface area contributed by atoms with Crippen molar-refractivity contribution in [3.63, 3.8) is 0 Å². The lowest BCUT2D eigenvalue weighted by atomic mass is 9.75. The van der Waals surface area contributed by atoms with Crippen molar-refractivity contribution < 1.29 is 14.7 Å². The smallest absolute Gasteiger partial charge is 0.316 e. The van der Waals surface area contributed by atoms with Crippen LogP contribution < -0.4 is 10.6 Å². The summed E-state index contributed by atoms with van der Waals surface area (Å²) in [5.74, 6) is -1.14. The molecule has 3 N–H and O–H groups in total. The van der Waals surface area contributed by atoms with Crippen LogP contribution >= 0.6 is 0 Å². The summed E-state index contributed by atoms with van der Waals surface area (Å²) in [5.41, 5.74) is -0.177. The van der Waals surface area contributed by atoms with Crippen molar-refractivity contribution in [1.82, 2.24) is 10.6 Å². The summed E-state index contributed by atoms with van der Waals surface area (Å²) >= 11 is 0. The fraction of sp³-hybridized carbons (Fsp3) is 0.727. The van der Waals surface area contributed by atoms with Crippen molar-refractivity contribution >= 4 is 17.8 Å². The van der Waals surface area contributed by atoms with Crippen molar-refractivity contribution in [2.45, 2.75) is 32.1 Å². The minimum Gasteiger partial charge on any atom is -0.396 e. The van der Waals surface area contributed by atoms with Crippen LogP contribution in [0.4, 0.5) is 0 Å². The van der Waals surface area contributed by atoms with Crippen LogP contribution in [0, 0.1) is 5.41 Å². The number of carbonyl (C=O) groups excluding carboxylic acids is 2. The highest BCUT2D eigenvalue weighted by molar-refractivity contribution is 6.45. The Bertz CT molecular complexity index is 341. The Hall–Kier alpha value is -1.43. The molecule has 1 aliphatic carbocycles. The summed E-state index contributed by atoms with van der Waals surface area (Å²) in [6.07, 6.45) is 5.30. The first-order chi connectivity index (χ1) is 8.15. The van der Waals surface area contributed by atoms with Gasteiger partial charge in [0.15, 0.2) is 0 Å². The maximum atomic E-state index is 10.9. The van der Waals surface area contributed by atoms with Gasteiger partial charge < -0.3 is 5.11 Å². The molecule has 0 atom stereocenters. The van der Waals surface area contributed by atoms with Crippen molar-refractivity contribution in [3.05, 3.63) is 0 Å². The van der Waals surface area contributed by atoms with E-state index in [-0.39, 0.29) is 18.0 Å². The van der Waals surface area contributed by atoms with Crippen LogP contribution in [-0.4, -0.2) is 36.0 Å². The van der Waals surface area contributed by atoms with Crippen LogP contribution in [0.5, 0.6) is 0 Å². The lowest BCUT2D eigenvalue weighted by Crippen LogP contribution is -2.34. The van der Waals surface area contributed by atoms with Gasteiger partial charge in [0.25, 0.3) is 0 Å². The summed E-state index contributed by atoms with van der Waals surface area (Å²) in [5, 5.41) is 14.2. The Balaban J connectivity index is 1.98. The molecule has 2 rings (SSSR count). The molecule has 1 heterocycles. The van der Waals surface area contributed by atoms with Gasteiger partial charge in [0.05, 0.1) is 13.2 Å². The van der Waals surface area contributed by atoms with Crippen LogP contribution in [0.3, 0.4) is 0 Å². The fourth-order valence-electron chi connectivity index (χ4n) is 2.35. The quantitative estimate of drug-likeness (QED) is 0.581. The molecule has 94 valence electrons. The average molecular weight is 239 g/mol. The molecule has 1 saturated carbocycles. The SMILES string of the molecule is O=C1NC(=NCC2(CO)CCCCC2)NC1=O. The number of nitrogens with one attached hydrogen (secondary N) is 2. The van der Waals surface area contributed by atoms with Gasteiger partial charge >= 0.3 is 11.8 Å². The Kier molecular flexibility index (Phi) is 3.42. The molecule has 1 aliphatic heterocycles. The van der Waals surface area contributed by atoms with Gasteiger partial charge in [0, 0.05) is 5.41 Å². The highest BCUT2D eigenvalue weighted by atomic mass is 16.3. The van der Waals surface area contributed by atoms with Crippen molar-refractivity contribution in [2.24, 2.45) is 10.4 Å². The first-order valence-electron chi connectivity index (χ1n) is 5.93. The van der Waals surface area contributed by atoms with Gasteiger partial charge in [0.1, 0.15) is 0 Å². The number of aliphatic hydroxyl groups excluding tert-OH is 1. The average Bonchev–Trinajstić information content (AvgIpc) is 2.68. The molecule has 0 radical (unpaired) electrons. The number of aliphatic hydroxyl groups is 1. The first kappa shape index (κ1) is 12.0. The van der Waals surface area contributed by atoms with Crippen LogP contribution in [0.15, 0.2) is 4.99 Å². The summed E-state index contributed by atoms with van der Waals surface area (Å²) in [6, 6.07) is 0. The predicted octanol–water partition coefficient (Wildman–Crippen LogP) is -0.469. The lowest BCUT2D eigenvalue weighted by molar-refractivity contribution is -0.135. The van der Waals surface area contributed by atoms with Gasteiger partial charge in [-0.3, -0.25) is 25.2 Å². The van der Waals surface area contributed by atoms with Crippen molar-refractivity contribution in [3.8, 4) is 0 Å². The fourth-order valence-corrected chi connectivity index (χ4v) is 2.35. The van der Waals surface area contributed by atoms with E-state index in [1.807, 2.05) is 0 Å². The van der Waals surface area contributed by atoms with E-state index in [9.17, 15) is 14.7 Å². The third-order valence-electron chi connectivity index (χ3n) is 3.49. The lowest BCUT2D eigenvalue weighted by Gasteiger charge is -2.34. The molecular formula is C11H17N3O3. The molecule has 0 aromatic carbocycles. The maximum absolute atomic E-state index is 10.9. The second kappa shape index (κ2) is 4.83. The normalized spacial score (nSPS) is 23.2. The molecular weight excluding hydrogens is 222 g/mol. The van der Waals surface area contributed by atoms with E-state index < -0.39 is 11.8 Å². The number of carbonyl (C=O) groups is 2. The zero-order valence-corrected chi connectivity index (χ0v) is 9.66. The standard InChI is InChI=1S/C11H17N3O3/c15-7-11(4-2-1-3-5-11)6-12-10-13-8(16)9(17)14-10/h15H,1-7H2,(H2,12,13,14,16,17). The maximum Gasteiger partial charge on any atom is 0.316 e. The third-order valence-corrected chi connectivity index (χ3v) is 3.49. The Morgan fingerprint density at radius 3 is 2.24 bits per heavy atom. The molecule has 17 heavy (non-hydrogen) atoms. The van der Waals surface area contributed by atoms with Crippen molar-refractivity contribution in [2.75, 3.05) is 13.2 Å². The summed E-state index contributed by atoms with van der Waals surface area (Å²) in [7, 11) is 0. The van der Waals surface area contributed by atoms with Crippen LogP contribution in [0.1, 0.15) is 32.1 Å². The number of rotatable bonds is 3. The molecule has 1 saturated heterocycles. The Morgan fingerprint density at radius 2 is 1.71 bits per heavy atom. The van der Waals surface area contributed by atoms with Gasteiger partial charge in [0.2, 0.25) is 5.96 Å². The molecule has 2 fully saturated rings. The number of nitrogens with zero attached hydrogens (tertiary/aromatic N) is 1. The largest absolute Gasteiger partial charge is 0.396 e. The van der Waals surface area contributed by atoms with E-state index in [0.29, 0.717) is 6.54 Å². The van der Waals surface area contributed by atoms with E-state index in [0.717, 1.165) is 25.7 Å². The van der Waals surface area contributed by atoms with Crippen LogP contribution in [-0.2, 0) is 9.59 Å².